The van der Waals surface area contributed by atoms with Crippen LogP contribution < -0.4 is 0 Å². The summed E-state index contributed by atoms with van der Waals surface area (Å²) < 4.78 is 0. The largest absolute Gasteiger partial charge is 0.478 e. The van der Waals surface area contributed by atoms with E-state index in [2.05, 4.69) is 5.92 Å². The second-order valence-corrected chi connectivity index (χ2v) is 4.89. The molecule has 0 unspecified atom stereocenters. The van der Waals surface area contributed by atoms with Crippen LogP contribution in [0.1, 0.15) is 15.9 Å². The van der Waals surface area contributed by atoms with Crippen molar-refractivity contribution in [2.75, 3.05) is 6.54 Å². The van der Waals surface area contributed by atoms with E-state index in [1.54, 1.807) is 12.1 Å². The van der Waals surface area contributed by atoms with Crippen LogP contribution in [-0.2, 0) is 4.79 Å². The van der Waals surface area contributed by atoms with Crippen molar-refractivity contribution in [2.24, 2.45) is 0 Å². The number of carbonyl (C=O) groups excluding carboxylic acids is 2. The first kappa shape index (κ1) is 13.9. The molecule has 1 heterocycles. The molecule has 100 valence electrons. The predicted octanol–water partition coefficient (Wildman–Crippen LogP) is 2.05. The zero-order chi connectivity index (χ0) is 14.7. The highest BCUT2D eigenvalue weighted by Gasteiger charge is 2.34. The molecule has 2 amide bonds. The topological polar surface area (TPSA) is 74.7 Å². The summed E-state index contributed by atoms with van der Waals surface area (Å²) in [6.45, 7) is -0.0556. The van der Waals surface area contributed by atoms with Crippen molar-refractivity contribution in [3.63, 3.8) is 0 Å². The number of rotatable bonds is 3. The van der Waals surface area contributed by atoms with Crippen molar-refractivity contribution in [3.8, 4) is 12.3 Å². The molecule has 1 aromatic rings. The maximum Gasteiger partial charge on any atom is 0.335 e. The van der Waals surface area contributed by atoms with Gasteiger partial charge in [-0.2, -0.15) is 0 Å². The summed E-state index contributed by atoms with van der Waals surface area (Å²) in [6, 6.07) is 6.00. The van der Waals surface area contributed by atoms with Crippen LogP contribution in [0.25, 0.3) is 6.08 Å². The van der Waals surface area contributed by atoms with Gasteiger partial charge in [0.25, 0.3) is 11.1 Å². The lowest BCUT2D eigenvalue weighted by molar-refractivity contribution is -0.122. The van der Waals surface area contributed by atoms with E-state index >= 15 is 0 Å². The van der Waals surface area contributed by atoms with E-state index in [0.717, 1.165) is 16.7 Å². The summed E-state index contributed by atoms with van der Waals surface area (Å²) in [5, 5.41) is 8.39. The molecule has 0 spiro atoms. The molecule has 1 saturated heterocycles. The summed E-state index contributed by atoms with van der Waals surface area (Å²) in [7, 11) is 0. The Bertz CT molecular complexity index is 655. The predicted molar refractivity (Wildman–Crippen MR) is 74.9 cm³/mol. The Balaban J connectivity index is 2.24. The maximum atomic E-state index is 11.9. The SMILES string of the molecule is C#CCN1C(=O)S/C(=C/c2ccc(C(=O)O)cc2)C1=O. The van der Waals surface area contributed by atoms with Gasteiger partial charge in [-0.05, 0) is 35.5 Å². The molecule has 5 nitrogen and oxygen atoms in total. The minimum atomic E-state index is -1.02. The van der Waals surface area contributed by atoms with Crippen molar-refractivity contribution in [2.45, 2.75) is 0 Å². The number of carboxylic acids is 1. The van der Waals surface area contributed by atoms with Crippen LogP contribution in [0.4, 0.5) is 4.79 Å². The summed E-state index contributed by atoms with van der Waals surface area (Å²) in [5.74, 6) is 0.801. The fraction of sp³-hybridized carbons (Fsp3) is 0.0714. The van der Waals surface area contributed by atoms with Gasteiger partial charge in [0, 0.05) is 0 Å². The van der Waals surface area contributed by atoms with Crippen molar-refractivity contribution in [1.82, 2.24) is 4.90 Å². The minimum Gasteiger partial charge on any atom is -0.478 e. The molecule has 20 heavy (non-hydrogen) atoms. The molecule has 1 N–H and O–H groups in total. The van der Waals surface area contributed by atoms with Gasteiger partial charge in [0.15, 0.2) is 0 Å². The maximum absolute atomic E-state index is 11.9. The lowest BCUT2D eigenvalue weighted by Gasteiger charge is -2.06. The quantitative estimate of drug-likeness (QED) is 0.680. The number of nitrogens with zero attached hydrogens (tertiary/aromatic N) is 1. The van der Waals surface area contributed by atoms with Crippen LogP contribution in [0.3, 0.4) is 0 Å². The highest BCUT2D eigenvalue weighted by molar-refractivity contribution is 8.18. The zero-order valence-corrected chi connectivity index (χ0v) is 11.0. The van der Waals surface area contributed by atoms with Crippen LogP contribution in [0.5, 0.6) is 0 Å². The van der Waals surface area contributed by atoms with Gasteiger partial charge in [0.1, 0.15) is 0 Å². The number of hydrogen-bond donors (Lipinski definition) is 1. The number of aromatic carboxylic acids is 1. The third-order valence-electron chi connectivity index (χ3n) is 2.58. The molecule has 0 radical (unpaired) electrons. The molecule has 0 saturated carbocycles. The zero-order valence-electron chi connectivity index (χ0n) is 10.2. The molecular weight excluding hydrogens is 278 g/mol. The van der Waals surface area contributed by atoms with Crippen LogP contribution in [-0.4, -0.2) is 33.7 Å². The normalized spacial score (nSPS) is 16.6. The van der Waals surface area contributed by atoms with E-state index in [-0.39, 0.29) is 17.0 Å². The minimum absolute atomic E-state index is 0.0556. The van der Waals surface area contributed by atoms with E-state index in [9.17, 15) is 14.4 Å². The van der Waals surface area contributed by atoms with Crippen molar-refractivity contribution >= 4 is 35.0 Å². The first-order valence-electron chi connectivity index (χ1n) is 5.55. The monoisotopic (exact) mass is 287 g/mol. The second-order valence-electron chi connectivity index (χ2n) is 3.90. The molecule has 1 fully saturated rings. The van der Waals surface area contributed by atoms with Gasteiger partial charge < -0.3 is 5.11 Å². The molecule has 0 aliphatic carbocycles. The number of hydrogen-bond acceptors (Lipinski definition) is 4. The van der Waals surface area contributed by atoms with Gasteiger partial charge in [0.05, 0.1) is 17.0 Å². The van der Waals surface area contributed by atoms with Gasteiger partial charge in [-0.25, -0.2) is 4.79 Å². The average molecular weight is 287 g/mol. The Morgan fingerprint density at radius 2 is 2.00 bits per heavy atom. The van der Waals surface area contributed by atoms with E-state index in [4.69, 9.17) is 11.5 Å². The number of benzene rings is 1. The number of carboxylic acid groups (broad SMARTS) is 1. The Morgan fingerprint density at radius 3 is 2.55 bits per heavy atom. The lowest BCUT2D eigenvalue weighted by Crippen LogP contribution is -2.28. The summed E-state index contributed by atoms with van der Waals surface area (Å²) in [6.07, 6.45) is 6.63. The first-order valence-corrected chi connectivity index (χ1v) is 6.37. The van der Waals surface area contributed by atoms with E-state index in [0.29, 0.717) is 5.56 Å². The summed E-state index contributed by atoms with van der Waals surface area (Å²) in [5.41, 5.74) is 0.795. The van der Waals surface area contributed by atoms with Crippen LogP contribution >= 0.6 is 11.8 Å². The molecule has 0 bridgehead atoms. The fourth-order valence-electron chi connectivity index (χ4n) is 1.60. The van der Waals surface area contributed by atoms with E-state index in [1.165, 1.54) is 18.2 Å². The molecule has 1 aliphatic rings. The van der Waals surface area contributed by atoms with Crippen LogP contribution in [0.15, 0.2) is 29.2 Å². The Hall–Kier alpha value is -2.52. The Kier molecular flexibility index (Phi) is 3.91. The van der Waals surface area contributed by atoms with Crippen molar-refractivity contribution < 1.29 is 19.5 Å². The number of imide groups is 1. The lowest BCUT2D eigenvalue weighted by atomic mass is 10.1. The van der Waals surface area contributed by atoms with Crippen molar-refractivity contribution in [1.29, 1.82) is 0 Å². The van der Waals surface area contributed by atoms with Gasteiger partial charge in [-0.15, -0.1) is 6.42 Å². The highest BCUT2D eigenvalue weighted by atomic mass is 32.2. The van der Waals surface area contributed by atoms with Gasteiger partial charge >= 0.3 is 5.97 Å². The molecule has 1 aliphatic heterocycles. The molecule has 0 atom stereocenters. The van der Waals surface area contributed by atoms with E-state index < -0.39 is 17.1 Å². The molecule has 6 heteroatoms. The number of carbonyl (C=O) groups is 3. The van der Waals surface area contributed by atoms with Gasteiger partial charge in [-0.1, -0.05) is 18.1 Å². The smallest absolute Gasteiger partial charge is 0.335 e. The number of terminal acetylenes is 1. The molecular formula is C14H9NO4S. The molecule has 0 aromatic heterocycles. The second kappa shape index (κ2) is 5.63. The third kappa shape index (κ3) is 2.73. The third-order valence-corrected chi connectivity index (χ3v) is 3.49. The molecule has 2 rings (SSSR count). The number of amides is 2. The first-order chi connectivity index (χ1) is 9.52. The Labute approximate surface area is 119 Å². The van der Waals surface area contributed by atoms with Crippen LogP contribution in [0, 0.1) is 12.3 Å². The van der Waals surface area contributed by atoms with Crippen molar-refractivity contribution in [3.05, 3.63) is 40.3 Å². The standard InChI is InChI=1S/C14H9NO4S/c1-2-7-15-12(16)11(20-14(15)19)8-9-3-5-10(6-4-9)13(17)18/h1,3-6,8H,7H2,(H,17,18)/b11-8+. The fourth-order valence-corrected chi connectivity index (χ4v) is 2.44. The van der Waals surface area contributed by atoms with Crippen LogP contribution in [0.2, 0.25) is 0 Å². The van der Waals surface area contributed by atoms with E-state index in [1.807, 2.05) is 0 Å². The number of thioether (sulfide) groups is 1. The molecule has 1 aromatic carbocycles. The summed E-state index contributed by atoms with van der Waals surface area (Å²) >= 11 is 0.814. The highest BCUT2D eigenvalue weighted by Crippen LogP contribution is 2.31. The van der Waals surface area contributed by atoms with Gasteiger partial charge in [-0.3, -0.25) is 14.5 Å². The summed E-state index contributed by atoms with van der Waals surface area (Å²) in [4.78, 5) is 35.5. The Morgan fingerprint density at radius 1 is 1.35 bits per heavy atom. The van der Waals surface area contributed by atoms with Gasteiger partial charge in [0.2, 0.25) is 0 Å². The average Bonchev–Trinajstić information content (AvgIpc) is 2.67.